The molecule has 3 N–H and O–H groups in total. The summed E-state index contributed by atoms with van der Waals surface area (Å²) < 4.78 is 10.7. The summed E-state index contributed by atoms with van der Waals surface area (Å²) in [6.45, 7) is 5.84. The van der Waals surface area contributed by atoms with Crippen LogP contribution in [0, 0.1) is 0 Å². The number of methoxy groups -OCH3 is 1. The van der Waals surface area contributed by atoms with Crippen LogP contribution in [0.5, 0.6) is 5.75 Å². The van der Waals surface area contributed by atoms with Crippen LogP contribution in [0.25, 0.3) is 0 Å². The second-order valence-electron chi connectivity index (χ2n) is 8.74. The minimum Gasteiger partial charge on any atom is -0.497 e. The number of benzene rings is 3. The van der Waals surface area contributed by atoms with Crippen molar-refractivity contribution >= 4 is 28.7 Å². The molecule has 3 aromatic carbocycles. The molecular formula is C27H30N4O3. The quantitative estimate of drug-likeness (QED) is 0.532. The van der Waals surface area contributed by atoms with Gasteiger partial charge in [0.15, 0.2) is 0 Å². The standard InChI is InChI=1S/C27H30N4O3/c1-18(19-3-7-23(33-2)8-4-19)29-26-10-6-22(16-25(26)28)31-17-20-15-21(5-9-24(20)27(31)32)30-11-13-34-14-12-30/h3-10,15-16,18,29H,11-14,17,28H2,1-2H3. The summed E-state index contributed by atoms with van der Waals surface area (Å²) in [6.07, 6.45) is 0. The van der Waals surface area contributed by atoms with Crippen molar-refractivity contribution in [2.45, 2.75) is 19.5 Å². The van der Waals surface area contributed by atoms with E-state index in [1.165, 1.54) is 0 Å². The number of amides is 1. The van der Waals surface area contributed by atoms with Crippen molar-refractivity contribution in [2.24, 2.45) is 0 Å². The molecule has 0 spiro atoms. The number of nitrogens with two attached hydrogens (primary N) is 1. The molecule has 0 aromatic heterocycles. The summed E-state index contributed by atoms with van der Waals surface area (Å²) in [4.78, 5) is 17.2. The van der Waals surface area contributed by atoms with E-state index in [1.54, 1.807) is 12.0 Å². The molecule has 34 heavy (non-hydrogen) atoms. The van der Waals surface area contributed by atoms with Gasteiger partial charge in [-0.2, -0.15) is 0 Å². The van der Waals surface area contributed by atoms with Crippen LogP contribution in [0.3, 0.4) is 0 Å². The molecule has 0 saturated carbocycles. The second kappa shape index (κ2) is 9.27. The summed E-state index contributed by atoms with van der Waals surface area (Å²) in [5.41, 5.74) is 12.7. The molecule has 1 saturated heterocycles. The first-order valence-corrected chi connectivity index (χ1v) is 11.6. The van der Waals surface area contributed by atoms with Crippen molar-refractivity contribution < 1.29 is 14.3 Å². The Morgan fingerprint density at radius 3 is 2.44 bits per heavy atom. The summed E-state index contributed by atoms with van der Waals surface area (Å²) in [7, 11) is 1.66. The van der Waals surface area contributed by atoms with Gasteiger partial charge in [-0.05, 0) is 66.6 Å². The molecule has 7 heteroatoms. The van der Waals surface area contributed by atoms with Gasteiger partial charge in [0.2, 0.25) is 0 Å². The zero-order chi connectivity index (χ0) is 23.7. The van der Waals surface area contributed by atoms with E-state index in [4.69, 9.17) is 15.2 Å². The molecule has 0 radical (unpaired) electrons. The Hall–Kier alpha value is -3.71. The first-order chi connectivity index (χ1) is 16.5. The Labute approximate surface area is 200 Å². The highest BCUT2D eigenvalue weighted by Gasteiger charge is 2.29. The molecule has 0 aliphatic carbocycles. The fourth-order valence-corrected chi connectivity index (χ4v) is 4.59. The van der Waals surface area contributed by atoms with Gasteiger partial charge in [0.25, 0.3) is 5.91 Å². The molecule has 2 aliphatic heterocycles. The molecule has 2 heterocycles. The van der Waals surface area contributed by atoms with E-state index < -0.39 is 0 Å². The molecule has 2 aliphatic rings. The number of carbonyl (C=O) groups is 1. The SMILES string of the molecule is COc1ccc(C(C)Nc2ccc(N3Cc4cc(N5CCOCC5)ccc4C3=O)cc2N)cc1. The average molecular weight is 459 g/mol. The highest BCUT2D eigenvalue weighted by atomic mass is 16.5. The predicted molar refractivity (Wildman–Crippen MR) is 136 cm³/mol. The van der Waals surface area contributed by atoms with E-state index in [-0.39, 0.29) is 11.9 Å². The van der Waals surface area contributed by atoms with Crippen LogP contribution in [0.2, 0.25) is 0 Å². The molecule has 1 unspecified atom stereocenters. The van der Waals surface area contributed by atoms with Gasteiger partial charge >= 0.3 is 0 Å². The first kappa shape index (κ1) is 22.1. The van der Waals surface area contributed by atoms with Crippen molar-refractivity contribution in [2.75, 3.05) is 54.3 Å². The van der Waals surface area contributed by atoms with E-state index in [0.717, 1.165) is 65.8 Å². The number of nitrogen functional groups attached to an aromatic ring is 1. The van der Waals surface area contributed by atoms with Crippen LogP contribution in [-0.4, -0.2) is 39.3 Å². The van der Waals surface area contributed by atoms with Crippen molar-refractivity contribution in [3.63, 3.8) is 0 Å². The van der Waals surface area contributed by atoms with Gasteiger partial charge in [-0.3, -0.25) is 4.79 Å². The topological polar surface area (TPSA) is 80.1 Å². The minimum atomic E-state index is 0.00948. The zero-order valence-electron chi connectivity index (χ0n) is 19.6. The van der Waals surface area contributed by atoms with Crippen LogP contribution in [-0.2, 0) is 11.3 Å². The molecule has 1 atom stereocenters. The van der Waals surface area contributed by atoms with Gasteiger partial charge < -0.3 is 30.3 Å². The number of nitrogens with zero attached hydrogens (tertiary/aromatic N) is 2. The average Bonchev–Trinajstić information content (AvgIpc) is 3.21. The third-order valence-electron chi connectivity index (χ3n) is 6.60. The third kappa shape index (κ3) is 4.26. The number of ether oxygens (including phenoxy) is 2. The Bertz CT molecular complexity index is 1190. The van der Waals surface area contributed by atoms with Crippen LogP contribution in [0.1, 0.15) is 34.5 Å². The predicted octanol–water partition coefficient (Wildman–Crippen LogP) is 4.45. The molecule has 3 aromatic rings. The van der Waals surface area contributed by atoms with Crippen LogP contribution >= 0.6 is 0 Å². The second-order valence-corrected chi connectivity index (χ2v) is 8.74. The molecule has 5 rings (SSSR count). The number of hydrogen-bond donors (Lipinski definition) is 2. The molecule has 1 amide bonds. The van der Waals surface area contributed by atoms with Gasteiger partial charge in [-0.25, -0.2) is 0 Å². The Morgan fingerprint density at radius 2 is 1.74 bits per heavy atom. The van der Waals surface area contributed by atoms with Gasteiger partial charge in [0, 0.05) is 36.1 Å². The van der Waals surface area contributed by atoms with Gasteiger partial charge in [-0.1, -0.05) is 12.1 Å². The van der Waals surface area contributed by atoms with Gasteiger partial charge in [0.05, 0.1) is 38.2 Å². The normalized spacial score (nSPS) is 16.4. The maximum Gasteiger partial charge on any atom is 0.258 e. The lowest BCUT2D eigenvalue weighted by Gasteiger charge is -2.29. The van der Waals surface area contributed by atoms with E-state index in [9.17, 15) is 4.79 Å². The summed E-state index contributed by atoms with van der Waals surface area (Å²) in [5, 5.41) is 3.47. The van der Waals surface area contributed by atoms with E-state index in [2.05, 4.69) is 23.2 Å². The molecule has 176 valence electrons. The Morgan fingerprint density at radius 1 is 1.00 bits per heavy atom. The van der Waals surface area contributed by atoms with Crippen LogP contribution < -0.4 is 25.6 Å². The summed E-state index contributed by atoms with van der Waals surface area (Å²) in [5.74, 6) is 0.836. The number of carbonyl (C=O) groups excluding carboxylic acids is 1. The maximum atomic E-state index is 13.1. The van der Waals surface area contributed by atoms with E-state index in [1.807, 2.05) is 54.6 Å². The van der Waals surface area contributed by atoms with Crippen LogP contribution in [0.4, 0.5) is 22.7 Å². The zero-order valence-corrected chi connectivity index (χ0v) is 19.6. The highest BCUT2D eigenvalue weighted by Crippen LogP contribution is 2.34. The van der Waals surface area contributed by atoms with Gasteiger partial charge in [-0.15, -0.1) is 0 Å². The minimum absolute atomic E-state index is 0.00948. The smallest absolute Gasteiger partial charge is 0.258 e. The van der Waals surface area contributed by atoms with Crippen molar-refractivity contribution in [3.8, 4) is 5.75 Å². The lowest BCUT2D eigenvalue weighted by molar-refractivity contribution is 0.0996. The fourth-order valence-electron chi connectivity index (χ4n) is 4.59. The highest BCUT2D eigenvalue weighted by molar-refractivity contribution is 6.10. The summed E-state index contributed by atoms with van der Waals surface area (Å²) in [6, 6.07) is 19.9. The third-order valence-corrected chi connectivity index (χ3v) is 6.60. The molecule has 0 bridgehead atoms. The van der Waals surface area contributed by atoms with E-state index >= 15 is 0 Å². The number of fused-ring (bicyclic) bond motifs is 1. The largest absolute Gasteiger partial charge is 0.497 e. The summed E-state index contributed by atoms with van der Waals surface area (Å²) >= 11 is 0. The molecular weight excluding hydrogens is 428 g/mol. The van der Waals surface area contributed by atoms with E-state index in [0.29, 0.717) is 12.2 Å². The number of rotatable bonds is 6. The monoisotopic (exact) mass is 458 g/mol. The first-order valence-electron chi connectivity index (χ1n) is 11.6. The Balaban J connectivity index is 1.30. The number of hydrogen-bond acceptors (Lipinski definition) is 6. The number of anilines is 4. The number of morpholine rings is 1. The maximum absolute atomic E-state index is 13.1. The lowest BCUT2D eigenvalue weighted by atomic mass is 10.1. The van der Waals surface area contributed by atoms with Crippen molar-refractivity contribution in [3.05, 3.63) is 77.4 Å². The van der Waals surface area contributed by atoms with Crippen LogP contribution in [0.15, 0.2) is 60.7 Å². The molecule has 1 fully saturated rings. The van der Waals surface area contributed by atoms with Crippen molar-refractivity contribution in [1.82, 2.24) is 0 Å². The molecule has 7 nitrogen and oxygen atoms in total. The Kier molecular flexibility index (Phi) is 6.02. The van der Waals surface area contributed by atoms with Gasteiger partial charge in [0.1, 0.15) is 5.75 Å². The van der Waals surface area contributed by atoms with Crippen molar-refractivity contribution in [1.29, 1.82) is 0 Å². The lowest BCUT2D eigenvalue weighted by Crippen LogP contribution is -2.36. The number of nitrogens with one attached hydrogen (secondary N) is 1. The fraction of sp³-hybridized carbons (Fsp3) is 0.296.